The van der Waals surface area contributed by atoms with Gasteiger partial charge in [-0.05, 0) is 55.6 Å². The van der Waals surface area contributed by atoms with Crippen LogP contribution in [0.4, 0.5) is 5.69 Å². The molecule has 3 N–H and O–H groups in total. The van der Waals surface area contributed by atoms with Crippen LogP contribution in [0.2, 0.25) is 0 Å². The van der Waals surface area contributed by atoms with Gasteiger partial charge in [0.25, 0.3) is 5.56 Å². The van der Waals surface area contributed by atoms with E-state index in [0.29, 0.717) is 5.69 Å². The van der Waals surface area contributed by atoms with E-state index in [1.54, 1.807) is 11.6 Å². The van der Waals surface area contributed by atoms with Crippen molar-refractivity contribution in [2.45, 2.75) is 39.5 Å². The number of hydrogen-bond donors (Lipinski definition) is 2. The zero-order chi connectivity index (χ0) is 23.8. The first-order valence-corrected chi connectivity index (χ1v) is 11.7. The van der Waals surface area contributed by atoms with Crippen LogP contribution in [0.25, 0.3) is 5.57 Å². The minimum absolute atomic E-state index is 0.0663. The standard InChI is InChI=1S/C28H36N4O/c1-5-7-18-32(17-6-2)24-12-10-11-23(15-16-24)30-27-19-22(20-31(4)28(27)33)25-13-8-9-14-26(29)21(25)3/h5,8-9,11-13,15-16,19-20,30H,1,6-7,10,14,17-18,29H2,2-4H3. The highest BCUT2D eigenvalue weighted by atomic mass is 16.1. The maximum atomic E-state index is 12.9. The summed E-state index contributed by atoms with van der Waals surface area (Å²) < 4.78 is 1.62. The lowest BCUT2D eigenvalue weighted by molar-refractivity contribution is 0.360. The highest BCUT2D eigenvalue weighted by Gasteiger charge is 2.14. The number of rotatable bonds is 9. The van der Waals surface area contributed by atoms with Gasteiger partial charge in [0.05, 0.1) is 0 Å². The Balaban J connectivity index is 1.86. The molecule has 0 amide bonds. The second-order valence-electron chi connectivity index (χ2n) is 8.47. The summed E-state index contributed by atoms with van der Waals surface area (Å²) in [6.45, 7) is 10.0. The summed E-state index contributed by atoms with van der Waals surface area (Å²) in [7, 11) is 1.78. The third-order valence-corrected chi connectivity index (χ3v) is 5.96. The van der Waals surface area contributed by atoms with E-state index in [1.807, 2.05) is 31.3 Å². The maximum Gasteiger partial charge on any atom is 0.274 e. The molecule has 0 radical (unpaired) electrons. The van der Waals surface area contributed by atoms with Crippen LogP contribution in [-0.4, -0.2) is 22.6 Å². The van der Waals surface area contributed by atoms with Gasteiger partial charge in [0.1, 0.15) is 5.69 Å². The fraction of sp³-hybridized carbons (Fsp3) is 0.321. The van der Waals surface area contributed by atoms with Crippen LogP contribution in [0.5, 0.6) is 0 Å². The molecule has 0 unspecified atom stereocenters. The summed E-state index contributed by atoms with van der Waals surface area (Å²) in [5, 5.41) is 3.37. The van der Waals surface area contributed by atoms with Crippen LogP contribution in [0, 0.1) is 0 Å². The van der Waals surface area contributed by atoms with Crippen molar-refractivity contribution in [3.63, 3.8) is 0 Å². The van der Waals surface area contributed by atoms with E-state index >= 15 is 0 Å². The number of hydrogen-bond acceptors (Lipinski definition) is 4. The van der Waals surface area contributed by atoms with Crippen LogP contribution < -0.4 is 16.6 Å². The molecular weight excluding hydrogens is 408 g/mol. The molecule has 0 bridgehead atoms. The summed E-state index contributed by atoms with van der Waals surface area (Å²) in [6, 6.07) is 1.92. The van der Waals surface area contributed by atoms with Crippen LogP contribution >= 0.6 is 0 Å². The Labute approximate surface area is 197 Å². The zero-order valence-electron chi connectivity index (χ0n) is 20.1. The Morgan fingerprint density at radius 1 is 1.27 bits per heavy atom. The predicted molar refractivity (Wildman–Crippen MR) is 141 cm³/mol. The monoisotopic (exact) mass is 444 g/mol. The van der Waals surface area contributed by atoms with E-state index in [1.165, 1.54) is 5.70 Å². The van der Waals surface area contributed by atoms with Crippen LogP contribution in [0.1, 0.15) is 45.1 Å². The van der Waals surface area contributed by atoms with Crippen molar-refractivity contribution in [1.29, 1.82) is 0 Å². The van der Waals surface area contributed by atoms with E-state index in [2.05, 4.69) is 60.2 Å². The normalized spacial score (nSPS) is 15.9. The highest BCUT2D eigenvalue weighted by Crippen LogP contribution is 2.28. The molecule has 3 rings (SSSR count). The summed E-state index contributed by atoms with van der Waals surface area (Å²) in [5.41, 5.74) is 12.7. The van der Waals surface area contributed by atoms with Gasteiger partial charge < -0.3 is 20.5 Å². The Hall–Kier alpha value is -3.47. The van der Waals surface area contributed by atoms with Crippen molar-refractivity contribution in [1.82, 2.24) is 9.47 Å². The minimum atomic E-state index is -0.0663. The third-order valence-electron chi connectivity index (χ3n) is 5.96. The van der Waals surface area contributed by atoms with Crippen molar-refractivity contribution in [2.24, 2.45) is 12.8 Å². The molecule has 174 valence electrons. The molecule has 2 aliphatic carbocycles. The Morgan fingerprint density at radius 3 is 2.85 bits per heavy atom. The largest absolute Gasteiger partial charge is 0.402 e. The van der Waals surface area contributed by atoms with Crippen molar-refractivity contribution in [3.8, 4) is 0 Å². The predicted octanol–water partition coefficient (Wildman–Crippen LogP) is 5.39. The molecule has 0 spiro atoms. The molecule has 0 aromatic carbocycles. The van der Waals surface area contributed by atoms with Gasteiger partial charge in [-0.1, -0.05) is 43.4 Å². The van der Waals surface area contributed by atoms with E-state index < -0.39 is 0 Å². The number of allylic oxidation sites excluding steroid dienone is 9. The molecular formula is C28H36N4O. The summed E-state index contributed by atoms with van der Waals surface area (Å²) >= 11 is 0. The van der Waals surface area contributed by atoms with Crippen molar-refractivity contribution >= 4 is 11.3 Å². The molecule has 5 heteroatoms. The highest BCUT2D eigenvalue weighted by molar-refractivity contribution is 5.82. The molecule has 1 heterocycles. The molecule has 33 heavy (non-hydrogen) atoms. The minimum Gasteiger partial charge on any atom is -0.402 e. The van der Waals surface area contributed by atoms with Gasteiger partial charge in [-0.25, -0.2) is 0 Å². The lowest BCUT2D eigenvalue weighted by Gasteiger charge is -2.24. The number of anilines is 1. The molecule has 1 aromatic heterocycles. The molecule has 0 saturated heterocycles. The first-order chi connectivity index (χ1) is 15.9. The molecule has 0 aliphatic heterocycles. The molecule has 0 fully saturated rings. The Morgan fingerprint density at radius 2 is 2.09 bits per heavy atom. The molecule has 2 aliphatic rings. The SMILES string of the molecule is C=CCCN(CCC)C1=CCC=C(Nc2cc(C3=CC=CCC(N)=C3C)cn(C)c2=O)C=C1. The second-order valence-corrected chi connectivity index (χ2v) is 8.47. The lowest BCUT2D eigenvalue weighted by atomic mass is 9.98. The van der Waals surface area contributed by atoms with Gasteiger partial charge in [0.2, 0.25) is 0 Å². The molecule has 1 aromatic rings. The van der Waals surface area contributed by atoms with E-state index in [9.17, 15) is 4.79 Å². The van der Waals surface area contributed by atoms with Gasteiger partial charge in [-0.15, -0.1) is 6.58 Å². The number of nitrogens with one attached hydrogen (secondary N) is 1. The smallest absolute Gasteiger partial charge is 0.274 e. The van der Waals surface area contributed by atoms with Gasteiger partial charge >= 0.3 is 0 Å². The van der Waals surface area contributed by atoms with E-state index in [-0.39, 0.29) is 5.56 Å². The average molecular weight is 445 g/mol. The summed E-state index contributed by atoms with van der Waals surface area (Å²) in [5.74, 6) is 0. The first kappa shape index (κ1) is 24.2. The lowest BCUT2D eigenvalue weighted by Crippen LogP contribution is -2.24. The maximum absolute atomic E-state index is 12.9. The topological polar surface area (TPSA) is 63.3 Å². The quantitative estimate of drug-likeness (QED) is 0.501. The zero-order valence-corrected chi connectivity index (χ0v) is 20.1. The fourth-order valence-corrected chi connectivity index (χ4v) is 4.06. The number of aryl methyl sites for hydroxylation is 1. The number of aromatic nitrogens is 1. The molecule has 0 atom stereocenters. The summed E-state index contributed by atoms with van der Waals surface area (Å²) in [4.78, 5) is 15.3. The number of nitrogens with two attached hydrogens (primary N) is 1. The van der Waals surface area contributed by atoms with Crippen LogP contribution in [0.15, 0.2) is 94.9 Å². The van der Waals surface area contributed by atoms with Crippen molar-refractivity contribution in [2.75, 3.05) is 18.4 Å². The number of pyridine rings is 1. The third kappa shape index (κ3) is 6.07. The fourth-order valence-electron chi connectivity index (χ4n) is 4.06. The van der Waals surface area contributed by atoms with E-state index in [0.717, 1.165) is 66.9 Å². The van der Waals surface area contributed by atoms with Gasteiger partial charge in [0.15, 0.2) is 0 Å². The van der Waals surface area contributed by atoms with Gasteiger partial charge in [-0.2, -0.15) is 0 Å². The van der Waals surface area contributed by atoms with E-state index in [4.69, 9.17) is 5.73 Å². The van der Waals surface area contributed by atoms with Crippen molar-refractivity contribution < 1.29 is 0 Å². The first-order valence-electron chi connectivity index (χ1n) is 11.7. The summed E-state index contributed by atoms with van der Waals surface area (Å²) in [6.07, 6.45) is 22.1. The Kier molecular flexibility index (Phi) is 8.36. The number of nitrogens with zero attached hydrogens (tertiary/aromatic N) is 2. The second kappa shape index (κ2) is 11.4. The van der Waals surface area contributed by atoms with Crippen LogP contribution in [-0.2, 0) is 7.05 Å². The van der Waals surface area contributed by atoms with Crippen LogP contribution in [0.3, 0.4) is 0 Å². The van der Waals surface area contributed by atoms with Gasteiger partial charge in [0, 0.05) is 55.4 Å². The Bertz CT molecular complexity index is 1130. The van der Waals surface area contributed by atoms with Gasteiger partial charge in [-0.3, -0.25) is 4.79 Å². The van der Waals surface area contributed by atoms with Crippen molar-refractivity contribution in [3.05, 3.63) is 106 Å². The average Bonchev–Trinajstić information content (AvgIpc) is 3.13. The molecule has 5 nitrogen and oxygen atoms in total. The molecule has 0 saturated carbocycles.